The Kier molecular flexibility index (Phi) is 8.89. The fourth-order valence-corrected chi connectivity index (χ4v) is 2.49. The van der Waals surface area contributed by atoms with E-state index in [0.717, 1.165) is 37.6 Å². The Hall–Kier alpha value is -0.570. The van der Waals surface area contributed by atoms with Gasteiger partial charge in [0, 0.05) is 18.7 Å². The third-order valence-electron chi connectivity index (χ3n) is 3.23. The first kappa shape index (κ1) is 16.5. The highest BCUT2D eigenvalue weighted by Gasteiger charge is 2.09. The van der Waals surface area contributed by atoms with Crippen LogP contribution < -0.4 is 5.32 Å². The van der Waals surface area contributed by atoms with E-state index >= 15 is 0 Å². The topological polar surface area (TPSA) is 21.3 Å². The van der Waals surface area contributed by atoms with Crippen LogP contribution in [0.2, 0.25) is 5.02 Å². The van der Waals surface area contributed by atoms with Gasteiger partial charge in [0.25, 0.3) is 0 Å². The molecular formula is C16H26ClNO. The predicted molar refractivity (Wildman–Crippen MR) is 82.9 cm³/mol. The van der Waals surface area contributed by atoms with Crippen molar-refractivity contribution in [3.63, 3.8) is 0 Å². The largest absolute Gasteiger partial charge is 0.385 e. The number of rotatable bonds is 10. The molecule has 0 aliphatic carbocycles. The summed E-state index contributed by atoms with van der Waals surface area (Å²) >= 11 is 6.05. The molecule has 1 aromatic rings. The van der Waals surface area contributed by atoms with Crippen molar-refractivity contribution in [2.45, 2.75) is 32.6 Å². The second kappa shape index (κ2) is 10.2. The molecule has 0 radical (unpaired) electrons. The van der Waals surface area contributed by atoms with Crippen LogP contribution in [0.15, 0.2) is 24.3 Å². The molecule has 0 bridgehead atoms. The standard InChI is InChI=1S/C16H26ClNO/c1-3-9-18-13-15(7-5-10-19-2)11-14-6-4-8-16(17)12-14/h4,6,8,12,15,18H,3,5,7,9-11,13H2,1-2H3. The second-order valence-electron chi connectivity index (χ2n) is 5.04. The Morgan fingerprint density at radius 3 is 2.89 bits per heavy atom. The van der Waals surface area contributed by atoms with E-state index in [-0.39, 0.29) is 0 Å². The highest BCUT2D eigenvalue weighted by molar-refractivity contribution is 6.30. The van der Waals surface area contributed by atoms with Gasteiger partial charge >= 0.3 is 0 Å². The minimum atomic E-state index is 0.653. The molecule has 0 aromatic heterocycles. The van der Waals surface area contributed by atoms with Crippen molar-refractivity contribution in [3.8, 4) is 0 Å². The molecule has 1 aromatic carbocycles. The molecule has 1 atom stereocenters. The summed E-state index contributed by atoms with van der Waals surface area (Å²) in [4.78, 5) is 0. The van der Waals surface area contributed by atoms with Crippen LogP contribution in [0.5, 0.6) is 0 Å². The molecule has 3 heteroatoms. The second-order valence-corrected chi connectivity index (χ2v) is 5.48. The number of methoxy groups -OCH3 is 1. The predicted octanol–water partition coefficient (Wildman–Crippen LogP) is 3.92. The van der Waals surface area contributed by atoms with E-state index in [9.17, 15) is 0 Å². The summed E-state index contributed by atoms with van der Waals surface area (Å²) in [5, 5.41) is 4.35. The summed E-state index contributed by atoms with van der Waals surface area (Å²) in [6.45, 7) is 5.21. The average molecular weight is 284 g/mol. The zero-order chi connectivity index (χ0) is 13.9. The van der Waals surface area contributed by atoms with Gasteiger partial charge < -0.3 is 10.1 Å². The van der Waals surface area contributed by atoms with Crippen molar-refractivity contribution in [3.05, 3.63) is 34.9 Å². The van der Waals surface area contributed by atoms with Crippen LogP contribution >= 0.6 is 11.6 Å². The summed E-state index contributed by atoms with van der Waals surface area (Å²) in [6, 6.07) is 8.20. The molecule has 108 valence electrons. The molecule has 0 amide bonds. The Bertz CT molecular complexity index is 333. The molecule has 0 fully saturated rings. The van der Waals surface area contributed by atoms with Crippen molar-refractivity contribution < 1.29 is 4.74 Å². The minimum Gasteiger partial charge on any atom is -0.385 e. The van der Waals surface area contributed by atoms with Crippen molar-refractivity contribution in [2.24, 2.45) is 5.92 Å². The Balaban J connectivity index is 2.46. The maximum Gasteiger partial charge on any atom is 0.0462 e. The average Bonchev–Trinajstić information content (AvgIpc) is 2.39. The number of benzene rings is 1. The fraction of sp³-hybridized carbons (Fsp3) is 0.625. The van der Waals surface area contributed by atoms with Crippen LogP contribution in [0, 0.1) is 5.92 Å². The van der Waals surface area contributed by atoms with E-state index in [1.165, 1.54) is 18.4 Å². The van der Waals surface area contributed by atoms with Crippen molar-refractivity contribution in [1.29, 1.82) is 0 Å². The maximum atomic E-state index is 6.05. The van der Waals surface area contributed by atoms with Gasteiger partial charge in [0.1, 0.15) is 0 Å². The summed E-state index contributed by atoms with van der Waals surface area (Å²) < 4.78 is 5.15. The molecule has 0 heterocycles. The third kappa shape index (κ3) is 7.56. The number of hydrogen-bond donors (Lipinski definition) is 1. The lowest BCUT2D eigenvalue weighted by Gasteiger charge is -2.17. The fourth-order valence-electron chi connectivity index (χ4n) is 2.27. The van der Waals surface area contributed by atoms with Crippen LogP contribution in [0.25, 0.3) is 0 Å². The van der Waals surface area contributed by atoms with E-state index in [1.807, 2.05) is 12.1 Å². The Labute approximate surface area is 122 Å². The zero-order valence-electron chi connectivity index (χ0n) is 12.1. The highest BCUT2D eigenvalue weighted by atomic mass is 35.5. The molecule has 0 aliphatic heterocycles. The molecule has 0 saturated heterocycles. The molecule has 0 spiro atoms. The van der Waals surface area contributed by atoms with Crippen LogP contribution in [-0.2, 0) is 11.2 Å². The van der Waals surface area contributed by atoms with Gasteiger partial charge in [-0.05, 0) is 62.4 Å². The van der Waals surface area contributed by atoms with Crippen molar-refractivity contribution in [2.75, 3.05) is 26.8 Å². The lowest BCUT2D eigenvalue weighted by molar-refractivity contribution is 0.186. The van der Waals surface area contributed by atoms with Crippen molar-refractivity contribution in [1.82, 2.24) is 5.32 Å². The molecule has 0 aliphatic rings. The van der Waals surface area contributed by atoms with Crippen LogP contribution in [0.1, 0.15) is 31.7 Å². The SMILES string of the molecule is CCCNCC(CCCOC)Cc1cccc(Cl)c1. The molecule has 0 saturated carbocycles. The molecule has 2 nitrogen and oxygen atoms in total. The molecular weight excluding hydrogens is 258 g/mol. The summed E-state index contributed by atoms with van der Waals surface area (Å²) in [5.74, 6) is 0.653. The molecule has 19 heavy (non-hydrogen) atoms. The van der Waals surface area contributed by atoms with Gasteiger partial charge in [0.05, 0.1) is 0 Å². The Morgan fingerprint density at radius 1 is 1.37 bits per heavy atom. The highest BCUT2D eigenvalue weighted by Crippen LogP contribution is 2.17. The summed E-state index contributed by atoms with van der Waals surface area (Å²) in [6.07, 6.45) is 4.58. The number of nitrogens with one attached hydrogen (secondary N) is 1. The van der Waals surface area contributed by atoms with Crippen LogP contribution in [0.4, 0.5) is 0 Å². The molecule has 1 N–H and O–H groups in total. The van der Waals surface area contributed by atoms with E-state index in [4.69, 9.17) is 16.3 Å². The van der Waals surface area contributed by atoms with Crippen LogP contribution in [0.3, 0.4) is 0 Å². The smallest absolute Gasteiger partial charge is 0.0462 e. The minimum absolute atomic E-state index is 0.653. The monoisotopic (exact) mass is 283 g/mol. The van der Waals surface area contributed by atoms with E-state index in [2.05, 4.69) is 24.4 Å². The number of ether oxygens (including phenoxy) is 1. The van der Waals surface area contributed by atoms with E-state index in [0.29, 0.717) is 5.92 Å². The van der Waals surface area contributed by atoms with Crippen molar-refractivity contribution >= 4 is 11.6 Å². The van der Waals surface area contributed by atoms with Gasteiger partial charge in [0.15, 0.2) is 0 Å². The third-order valence-corrected chi connectivity index (χ3v) is 3.47. The first-order valence-electron chi connectivity index (χ1n) is 7.20. The lowest BCUT2D eigenvalue weighted by Crippen LogP contribution is -2.25. The lowest BCUT2D eigenvalue weighted by atomic mass is 9.94. The summed E-state index contributed by atoms with van der Waals surface area (Å²) in [5.41, 5.74) is 1.33. The number of hydrogen-bond acceptors (Lipinski definition) is 2. The van der Waals surface area contributed by atoms with E-state index < -0.39 is 0 Å². The summed E-state index contributed by atoms with van der Waals surface area (Å²) in [7, 11) is 1.77. The van der Waals surface area contributed by atoms with Gasteiger partial charge in [-0.15, -0.1) is 0 Å². The number of halogens is 1. The quantitative estimate of drug-likeness (QED) is 0.657. The van der Waals surface area contributed by atoms with Gasteiger partial charge in [-0.2, -0.15) is 0 Å². The van der Waals surface area contributed by atoms with E-state index in [1.54, 1.807) is 7.11 Å². The molecule has 1 rings (SSSR count). The first-order valence-corrected chi connectivity index (χ1v) is 7.58. The van der Waals surface area contributed by atoms with Gasteiger partial charge in [-0.3, -0.25) is 0 Å². The maximum absolute atomic E-state index is 6.05. The van der Waals surface area contributed by atoms with Gasteiger partial charge in [0.2, 0.25) is 0 Å². The van der Waals surface area contributed by atoms with Gasteiger partial charge in [-0.1, -0.05) is 30.7 Å². The normalized spacial score (nSPS) is 12.6. The zero-order valence-corrected chi connectivity index (χ0v) is 12.9. The first-order chi connectivity index (χ1) is 9.26. The molecule has 1 unspecified atom stereocenters. The van der Waals surface area contributed by atoms with Gasteiger partial charge in [-0.25, -0.2) is 0 Å². The Morgan fingerprint density at radius 2 is 2.21 bits per heavy atom. The van der Waals surface area contributed by atoms with Crippen LogP contribution in [-0.4, -0.2) is 26.8 Å².